The number of unbranched alkanes of at least 4 members (excludes halogenated alkanes) is 1. The van der Waals surface area contributed by atoms with Crippen molar-refractivity contribution < 1.29 is 14.2 Å². The fraction of sp³-hybridized carbons (Fsp3) is 0.632. The van der Waals surface area contributed by atoms with Crippen molar-refractivity contribution in [1.29, 1.82) is 0 Å². The molecular formula is C19H34IN3O3. The lowest BCUT2D eigenvalue weighted by atomic mass is 10.3. The Kier molecular flexibility index (Phi) is 16.4. The quantitative estimate of drug-likeness (QED) is 0.196. The molecule has 2 N–H and O–H groups in total. The highest BCUT2D eigenvalue weighted by Crippen LogP contribution is 2.16. The van der Waals surface area contributed by atoms with Crippen LogP contribution in [0.3, 0.4) is 0 Å². The molecule has 0 spiro atoms. The number of hydrogen-bond acceptors (Lipinski definition) is 4. The van der Waals surface area contributed by atoms with Gasteiger partial charge in [0.05, 0.1) is 13.7 Å². The average Bonchev–Trinajstić information content (AvgIpc) is 2.65. The van der Waals surface area contributed by atoms with Gasteiger partial charge in [-0.3, -0.25) is 4.99 Å². The van der Waals surface area contributed by atoms with Crippen molar-refractivity contribution in [1.82, 2.24) is 10.6 Å². The zero-order chi connectivity index (χ0) is 18.2. The summed E-state index contributed by atoms with van der Waals surface area (Å²) in [4.78, 5) is 4.21. The lowest BCUT2D eigenvalue weighted by molar-refractivity contribution is 0.129. The minimum absolute atomic E-state index is 0. The molecule has 1 aromatic carbocycles. The number of rotatable bonds is 13. The molecule has 0 radical (unpaired) electrons. The zero-order valence-electron chi connectivity index (χ0n) is 16.3. The summed E-state index contributed by atoms with van der Waals surface area (Å²) in [6.07, 6.45) is 4.18. The number of benzene rings is 1. The molecule has 0 saturated carbocycles. The van der Waals surface area contributed by atoms with E-state index < -0.39 is 0 Å². The Morgan fingerprint density at radius 3 is 2.08 bits per heavy atom. The number of methoxy groups -OCH3 is 1. The third kappa shape index (κ3) is 12.2. The van der Waals surface area contributed by atoms with Crippen molar-refractivity contribution in [3.63, 3.8) is 0 Å². The molecule has 0 heterocycles. The van der Waals surface area contributed by atoms with Crippen molar-refractivity contribution in [2.45, 2.75) is 32.6 Å². The van der Waals surface area contributed by atoms with E-state index in [1.54, 1.807) is 14.2 Å². The fourth-order valence-corrected chi connectivity index (χ4v) is 2.09. The summed E-state index contributed by atoms with van der Waals surface area (Å²) in [5.74, 6) is 2.50. The number of hydrogen-bond donors (Lipinski definition) is 2. The predicted molar refractivity (Wildman–Crippen MR) is 118 cm³/mol. The Morgan fingerprint density at radius 1 is 0.923 bits per heavy atom. The van der Waals surface area contributed by atoms with Crippen LogP contribution in [-0.2, 0) is 4.74 Å². The Hall–Kier alpha value is -1.22. The maximum Gasteiger partial charge on any atom is 0.190 e. The predicted octanol–water partition coefficient (Wildman–Crippen LogP) is 3.45. The summed E-state index contributed by atoms with van der Waals surface area (Å²) in [6.45, 7) is 6.14. The zero-order valence-corrected chi connectivity index (χ0v) is 18.6. The van der Waals surface area contributed by atoms with Crippen molar-refractivity contribution >= 4 is 29.9 Å². The second kappa shape index (κ2) is 17.2. The first-order chi connectivity index (χ1) is 12.3. The molecule has 150 valence electrons. The van der Waals surface area contributed by atoms with E-state index in [1.165, 1.54) is 6.42 Å². The maximum absolute atomic E-state index is 5.69. The second-order valence-electron chi connectivity index (χ2n) is 5.62. The third-order valence-corrected chi connectivity index (χ3v) is 3.57. The van der Waals surface area contributed by atoms with Gasteiger partial charge in [0.25, 0.3) is 0 Å². The topological polar surface area (TPSA) is 64.1 Å². The van der Waals surface area contributed by atoms with E-state index in [0.717, 1.165) is 63.0 Å². The van der Waals surface area contributed by atoms with Crippen LogP contribution in [0.25, 0.3) is 0 Å². The lowest BCUT2D eigenvalue weighted by Crippen LogP contribution is -2.38. The summed E-state index contributed by atoms with van der Waals surface area (Å²) in [5, 5.41) is 6.57. The largest absolute Gasteiger partial charge is 0.497 e. The number of nitrogens with one attached hydrogen (secondary N) is 2. The molecule has 0 saturated heterocycles. The number of ether oxygens (including phenoxy) is 3. The molecule has 0 bridgehead atoms. The molecule has 1 aromatic rings. The van der Waals surface area contributed by atoms with Crippen LogP contribution in [0.5, 0.6) is 11.5 Å². The van der Waals surface area contributed by atoms with E-state index in [2.05, 4.69) is 22.5 Å². The van der Waals surface area contributed by atoms with Gasteiger partial charge < -0.3 is 24.8 Å². The SMILES string of the molecule is CCCCOCCCNC(=NC)NCCCOc1ccc(OC)cc1.I. The second-order valence-corrected chi connectivity index (χ2v) is 5.62. The standard InChI is InChI=1S/C19H33N3O3.HI/c1-4-5-14-24-15-6-12-21-19(20-2)22-13-7-16-25-18-10-8-17(23-3)9-11-18;/h8-11H,4-7,12-16H2,1-3H3,(H2,20,21,22);1H. The summed E-state index contributed by atoms with van der Waals surface area (Å²) >= 11 is 0. The van der Waals surface area contributed by atoms with Gasteiger partial charge >= 0.3 is 0 Å². The maximum atomic E-state index is 5.69. The van der Waals surface area contributed by atoms with Gasteiger partial charge in [-0.2, -0.15) is 0 Å². The number of guanidine groups is 1. The van der Waals surface area contributed by atoms with E-state index in [0.29, 0.717) is 6.61 Å². The highest BCUT2D eigenvalue weighted by molar-refractivity contribution is 14.0. The van der Waals surface area contributed by atoms with Gasteiger partial charge in [-0.15, -0.1) is 24.0 Å². The van der Waals surface area contributed by atoms with E-state index in [-0.39, 0.29) is 24.0 Å². The summed E-state index contributed by atoms with van der Waals surface area (Å²) in [7, 11) is 3.43. The molecule has 1 rings (SSSR count). The van der Waals surface area contributed by atoms with Gasteiger partial charge in [-0.05, 0) is 43.5 Å². The smallest absolute Gasteiger partial charge is 0.190 e. The molecule has 6 nitrogen and oxygen atoms in total. The van der Waals surface area contributed by atoms with Crippen LogP contribution in [0.4, 0.5) is 0 Å². The number of halogens is 1. The third-order valence-electron chi connectivity index (χ3n) is 3.57. The van der Waals surface area contributed by atoms with Crippen LogP contribution in [0.1, 0.15) is 32.6 Å². The van der Waals surface area contributed by atoms with Crippen LogP contribution in [0.15, 0.2) is 29.3 Å². The number of nitrogens with zero attached hydrogens (tertiary/aromatic N) is 1. The monoisotopic (exact) mass is 479 g/mol. The summed E-state index contributed by atoms with van der Waals surface area (Å²) in [6, 6.07) is 7.61. The molecule has 0 atom stereocenters. The first-order valence-corrected chi connectivity index (χ1v) is 9.09. The Labute approximate surface area is 175 Å². The Bertz CT molecular complexity index is 470. The minimum Gasteiger partial charge on any atom is -0.497 e. The molecule has 0 amide bonds. The van der Waals surface area contributed by atoms with Gasteiger partial charge in [0, 0.05) is 33.4 Å². The lowest BCUT2D eigenvalue weighted by Gasteiger charge is -2.12. The van der Waals surface area contributed by atoms with Crippen LogP contribution in [0.2, 0.25) is 0 Å². The van der Waals surface area contributed by atoms with Gasteiger partial charge in [-0.1, -0.05) is 13.3 Å². The fourth-order valence-electron chi connectivity index (χ4n) is 2.09. The molecule has 0 aliphatic rings. The van der Waals surface area contributed by atoms with Gasteiger partial charge in [0.2, 0.25) is 0 Å². The summed E-state index contributed by atoms with van der Waals surface area (Å²) in [5.41, 5.74) is 0. The van der Waals surface area contributed by atoms with E-state index in [9.17, 15) is 0 Å². The van der Waals surface area contributed by atoms with Crippen molar-refractivity contribution in [2.24, 2.45) is 4.99 Å². The highest BCUT2D eigenvalue weighted by Gasteiger charge is 1.98. The van der Waals surface area contributed by atoms with Crippen molar-refractivity contribution in [3.8, 4) is 11.5 Å². The van der Waals surface area contributed by atoms with Crippen LogP contribution in [-0.4, -0.2) is 53.0 Å². The first kappa shape index (κ1) is 24.8. The molecule has 26 heavy (non-hydrogen) atoms. The van der Waals surface area contributed by atoms with Gasteiger partial charge in [0.1, 0.15) is 11.5 Å². The van der Waals surface area contributed by atoms with Crippen molar-refractivity contribution in [2.75, 3.05) is 47.1 Å². The Balaban J connectivity index is 0.00000625. The first-order valence-electron chi connectivity index (χ1n) is 9.09. The van der Waals surface area contributed by atoms with Crippen molar-refractivity contribution in [3.05, 3.63) is 24.3 Å². The van der Waals surface area contributed by atoms with Crippen LogP contribution in [0, 0.1) is 0 Å². The molecule has 0 unspecified atom stereocenters. The number of aliphatic imine (C=N–C) groups is 1. The minimum atomic E-state index is 0. The molecule has 7 heteroatoms. The van der Waals surface area contributed by atoms with E-state index in [1.807, 2.05) is 24.3 Å². The van der Waals surface area contributed by atoms with E-state index >= 15 is 0 Å². The molecule has 0 fully saturated rings. The molecule has 0 aromatic heterocycles. The molecular weight excluding hydrogens is 445 g/mol. The molecule has 0 aliphatic heterocycles. The average molecular weight is 479 g/mol. The Morgan fingerprint density at radius 2 is 1.50 bits per heavy atom. The summed E-state index contributed by atoms with van der Waals surface area (Å²) < 4.78 is 16.4. The molecule has 0 aliphatic carbocycles. The van der Waals surface area contributed by atoms with Crippen LogP contribution >= 0.6 is 24.0 Å². The normalized spacial score (nSPS) is 10.8. The highest BCUT2D eigenvalue weighted by atomic mass is 127. The van der Waals surface area contributed by atoms with E-state index in [4.69, 9.17) is 14.2 Å². The van der Waals surface area contributed by atoms with Gasteiger partial charge in [0.15, 0.2) is 5.96 Å². The van der Waals surface area contributed by atoms with Gasteiger partial charge in [-0.25, -0.2) is 0 Å². The van der Waals surface area contributed by atoms with Crippen LogP contribution < -0.4 is 20.1 Å².